The van der Waals surface area contributed by atoms with Crippen LogP contribution in [0.4, 0.5) is 5.69 Å². The number of rotatable bonds is 7. The summed E-state index contributed by atoms with van der Waals surface area (Å²) in [4.78, 5) is -0.0747. The summed E-state index contributed by atoms with van der Waals surface area (Å²) in [7, 11) is -2.04. The van der Waals surface area contributed by atoms with Gasteiger partial charge in [0.1, 0.15) is 5.25 Å². The Balaban J connectivity index is 2.73. The third-order valence-electron chi connectivity index (χ3n) is 2.28. The van der Waals surface area contributed by atoms with E-state index in [0.29, 0.717) is 18.8 Å². The topological polar surface area (TPSA) is 99.2 Å². The summed E-state index contributed by atoms with van der Waals surface area (Å²) in [5, 5.41) is 3.05. The van der Waals surface area contributed by atoms with Gasteiger partial charge in [-0.3, -0.25) is 9.40 Å². The SMILES string of the molecule is COCCn1cc(NS(=O)(=O)C(C)C(N)=S)cn1. The Kier molecular flexibility index (Phi) is 5.05. The van der Waals surface area contributed by atoms with Gasteiger partial charge in [0.15, 0.2) is 0 Å². The largest absolute Gasteiger partial charge is 0.392 e. The van der Waals surface area contributed by atoms with Crippen LogP contribution in [0.15, 0.2) is 12.4 Å². The molecule has 9 heteroatoms. The number of nitrogens with one attached hydrogen (secondary N) is 1. The van der Waals surface area contributed by atoms with E-state index in [0.717, 1.165) is 0 Å². The Hall–Kier alpha value is -1.19. The predicted molar refractivity (Wildman–Crippen MR) is 72.9 cm³/mol. The number of methoxy groups -OCH3 is 1. The zero-order chi connectivity index (χ0) is 13.8. The van der Waals surface area contributed by atoms with Crippen LogP contribution >= 0.6 is 12.2 Å². The van der Waals surface area contributed by atoms with Crippen LogP contribution in [0.3, 0.4) is 0 Å². The molecular formula is C9H16N4O3S2. The van der Waals surface area contributed by atoms with Crippen LogP contribution in [-0.4, -0.2) is 42.2 Å². The highest BCUT2D eigenvalue weighted by molar-refractivity contribution is 7.95. The summed E-state index contributed by atoms with van der Waals surface area (Å²) in [5.41, 5.74) is 5.69. The van der Waals surface area contributed by atoms with E-state index >= 15 is 0 Å². The molecule has 102 valence electrons. The van der Waals surface area contributed by atoms with Crippen molar-refractivity contribution < 1.29 is 13.2 Å². The van der Waals surface area contributed by atoms with Crippen LogP contribution in [0.1, 0.15) is 6.92 Å². The number of thiocarbonyl (C=S) groups is 1. The van der Waals surface area contributed by atoms with Gasteiger partial charge in [-0.15, -0.1) is 0 Å². The maximum Gasteiger partial charge on any atom is 0.241 e. The van der Waals surface area contributed by atoms with E-state index in [4.69, 9.17) is 10.5 Å². The first kappa shape index (κ1) is 14.9. The normalized spacial score (nSPS) is 13.2. The second-order valence-electron chi connectivity index (χ2n) is 3.68. The highest BCUT2D eigenvalue weighted by Gasteiger charge is 2.23. The van der Waals surface area contributed by atoms with Crippen molar-refractivity contribution in [3.8, 4) is 0 Å². The van der Waals surface area contributed by atoms with Crippen LogP contribution in [0.2, 0.25) is 0 Å². The number of aromatic nitrogens is 2. The van der Waals surface area contributed by atoms with Gasteiger partial charge in [0.25, 0.3) is 0 Å². The molecule has 0 saturated carbocycles. The molecule has 0 fully saturated rings. The molecule has 0 aliphatic carbocycles. The van der Waals surface area contributed by atoms with Crippen LogP contribution < -0.4 is 10.5 Å². The zero-order valence-electron chi connectivity index (χ0n) is 10.2. The molecule has 0 amide bonds. The minimum Gasteiger partial charge on any atom is -0.392 e. The van der Waals surface area contributed by atoms with Gasteiger partial charge in [-0.05, 0) is 6.92 Å². The van der Waals surface area contributed by atoms with Crippen molar-refractivity contribution >= 4 is 32.9 Å². The van der Waals surface area contributed by atoms with E-state index in [1.54, 1.807) is 18.0 Å². The number of hydrogen-bond donors (Lipinski definition) is 2. The minimum atomic E-state index is -3.62. The lowest BCUT2D eigenvalue weighted by Gasteiger charge is -2.11. The molecule has 1 unspecified atom stereocenters. The lowest BCUT2D eigenvalue weighted by molar-refractivity contribution is 0.183. The fraction of sp³-hybridized carbons (Fsp3) is 0.556. The van der Waals surface area contributed by atoms with Gasteiger partial charge in [0.2, 0.25) is 10.0 Å². The molecule has 0 aliphatic rings. The second-order valence-corrected chi connectivity index (χ2v) is 6.15. The van der Waals surface area contributed by atoms with Gasteiger partial charge in [-0.1, -0.05) is 12.2 Å². The molecule has 0 aliphatic heterocycles. The summed E-state index contributed by atoms with van der Waals surface area (Å²) >= 11 is 4.67. The van der Waals surface area contributed by atoms with E-state index in [-0.39, 0.29) is 4.99 Å². The first-order valence-corrected chi connectivity index (χ1v) is 7.14. The lowest BCUT2D eigenvalue weighted by atomic mass is 10.5. The van der Waals surface area contributed by atoms with E-state index in [1.807, 2.05) is 0 Å². The summed E-state index contributed by atoms with van der Waals surface area (Å²) in [6, 6.07) is 0. The fourth-order valence-corrected chi connectivity index (χ4v) is 2.43. The molecule has 18 heavy (non-hydrogen) atoms. The Bertz CT molecular complexity index is 512. The molecule has 0 saturated heterocycles. The van der Waals surface area contributed by atoms with Crippen LogP contribution in [0.5, 0.6) is 0 Å². The molecule has 1 heterocycles. The van der Waals surface area contributed by atoms with Crippen molar-refractivity contribution in [2.24, 2.45) is 5.73 Å². The highest BCUT2D eigenvalue weighted by Crippen LogP contribution is 2.11. The van der Waals surface area contributed by atoms with Crippen LogP contribution in [0.25, 0.3) is 0 Å². The average molecular weight is 292 g/mol. The third kappa shape index (κ3) is 3.93. The summed E-state index contributed by atoms with van der Waals surface area (Å²) < 4.78 is 32.5. The molecule has 0 spiro atoms. The summed E-state index contributed by atoms with van der Waals surface area (Å²) in [6.07, 6.45) is 2.99. The van der Waals surface area contributed by atoms with Crippen molar-refractivity contribution in [3.05, 3.63) is 12.4 Å². The zero-order valence-corrected chi connectivity index (χ0v) is 11.8. The Morgan fingerprint density at radius 2 is 2.39 bits per heavy atom. The van der Waals surface area contributed by atoms with Gasteiger partial charge in [-0.2, -0.15) is 5.10 Å². The third-order valence-corrected chi connectivity index (χ3v) is 4.49. The fourth-order valence-electron chi connectivity index (χ4n) is 1.13. The van der Waals surface area contributed by atoms with Gasteiger partial charge in [-0.25, -0.2) is 8.42 Å². The maximum atomic E-state index is 11.8. The molecule has 7 nitrogen and oxygen atoms in total. The molecule has 1 aromatic heterocycles. The molecule has 1 aromatic rings. The number of anilines is 1. The Morgan fingerprint density at radius 3 is 2.94 bits per heavy atom. The molecular weight excluding hydrogens is 276 g/mol. The quantitative estimate of drug-likeness (QED) is 0.683. The number of ether oxygens (including phenoxy) is 1. The number of nitrogens with zero attached hydrogens (tertiary/aromatic N) is 2. The van der Waals surface area contributed by atoms with Crippen molar-refractivity contribution in [2.75, 3.05) is 18.4 Å². The molecule has 0 bridgehead atoms. The number of hydrogen-bond acceptors (Lipinski definition) is 5. The van der Waals surface area contributed by atoms with Crippen LogP contribution in [0, 0.1) is 0 Å². The average Bonchev–Trinajstić information content (AvgIpc) is 2.72. The second kappa shape index (κ2) is 6.12. The van der Waals surface area contributed by atoms with Crippen LogP contribution in [-0.2, 0) is 21.3 Å². The van der Waals surface area contributed by atoms with Crippen molar-refractivity contribution in [1.29, 1.82) is 0 Å². The van der Waals surface area contributed by atoms with E-state index in [1.165, 1.54) is 13.1 Å². The molecule has 1 rings (SSSR count). The van der Waals surface area contributed by atoms with E-state index < -0.39 is 15.3 Å². The monoisotopic (exact) mass is 292 g/mol. The summed E-state index contributed by atoms with van der Waals surface area (Å²) in [6.45, 7) is 2.47. The van der Waals surface area contributed by atoms with Gasteiger partial charge < -0.3 is 10.5 Å². The first-order chi connectivity index (χ1) is 8.36. The molecule has 0 aromatic carbocycles. The Morgan fingerprint density at radius 1 is 1.72 bits per heavy atom. The standard InChI is InChI=1S/C9H16N4O3S2/c1-7(9(10)17)18(14,15)12-8-5-11-13(6-8)3-4-16-2/h5-7,12H,3-4H2,1-2H3,(H2,10,17). The van der Waals surface area contributed by atoms with Crippen molar-refractivity contribution in [2.45, 2.75) is 18.7 Å². The van der Waals surface area contributed by atoms with Gasteiger partial charge in [0.05, 0.1) is 30.0 Å². The van der Waals surface area contributed by atoms with Crippen molar-refractivity contribution in [1.82, 2.24) is 9.78 Å². The van der Waals surface area contributed by atoms with Crippen molar-refractivity contribution in [3.63, 3.8) is 0 Å². The maximum absolute atomic E-state index is 11.8. The van der Waals surface area contributed by atoms with Gasteiger partial charge in [0, 0.05) is 13.3 Å². The number of sulfonamides is 1. The molecule has 1 atom stereocenters. The highest BCUT2D eigenvalue weighted by atomic mass is 32.2. The van der Waals surface area contributed by atoms with Gasteiger partial charge >= 0.3 is 0 Å². The molecule has 3 N–H and O–H groups in total. The smallest absolute Gasteiger partial charge is 0.241 e. The molecule has 0 radical (unpaired) electrons. The minimum absolute atomic E-state index is 0.0747. The predicted octanol–water partition coefficient (Wildman–Crippen LogP) is -0.0542. The summed E-state index contributed by atoms with van der Waals surface area (Å²) in [5.74, 6) is 0. The van der Waals surface area contributed by atoms with E-state index in [2.05, 4.69) is 22.0 Å². The van der Waals surface area contributed by atoms with E-state index in [9.17, 15) is 8.42 Å². The lowest BCUT2D eigenvalue weighted by Crippen LogP contribution is -2.35. The first-order valence-electron chi connectivity index (χ1n) is 5.19. The number of nitrogens with two attached hydrogens (primary N) is 1. The Labute approximate surface area is 111 Å².